The lowest BCUT2D eigenvalue weighted by molar-refractivity contribution is 0.396. The Morgan fingerprint density at radius 2 is 2.15 bits per heavy atom. The molecule has 0 aromatic carbocycles. The van der Waals surface area contributed by atoms with Gasteiger partial charge < -0.3 is 10.1 Å². The number of ether oxygens (including phenoxy) is 1. The maximum absolute atomic E-state index is 5.18. The number of nitrogens with one attached hydrogen (secondary N) is 1. The molecule has 0 aliphatic carbocycles. The zero-order valence-corrected chi connectivity index (χ0v) is 12.1. The topological polar surface area (TPSA) is 47.0 Å². The van der Waals surface area contributed by atoms with Crippen LogP contribution in [0, 0.1) is 6.92 Å². The van der Waals surface area contributed by atoms with Crippen LogP contribution in [0.1, 0.15) is 23.2 Å². The van der Waals surface area contributed by atoms with Gasteiger partial charge in [0.2, 0.25) is 5.88 Å². The molecule has 0 fully saturated rings. The van der Waals surface area contributed by atoms with Gasteiger partial charge in [-0.15, -0.1) is 0 Å². The number of methoxy groups -OCH3 is 1. The van der Waals surface area contributed by atoms with Crippen molar-refractivity contribution in [2.45, 2.75) is 26.3 Å². The van der Waals surface area contributed by atoms with E-state index in [9.17, 15) is 0 Å². The Hall–Kier alpha value is -1.94. The largest absolute Gasteiger partial charge is 0.481 e. The SMILES string of the molecule is COc1cc(CNCCCc2cccnc2)cc(C)n1. The molecule has 4 heteroatoms. The highest BCUT2D eigenvalue weighted by atomic mass is 16.5. The van der Waals surface area contributed by atoms with Crippen LogP contribution in [-0.2, 0) is 13.0 Å². The molecule has 0 aliphatic rings. The molecule has 0 amide bonds. The van der Waals surface area contributed by atoms with Gasteiger partial charge >= 0.3 is 0 Å². The molecule has 1 N–H and O–H groups in total. The molecule has 2 aromatic rings. The summed E-state index contributed by atoms with van der Waals surface area (Å²) in [6.45, 7) is 3.81. The summed E-state index contributed by atoms with van der Waals surface area (Å²) in [7, 11) is 1.65. The van der Waals surface area contributed by atoms with Gasteiger partial charge in [0.15, 0.2) is 0 Å². The molecular weight excluding hydrogens is 250 g/mol. The summed E-state index contributed by atoms with van der Waals surface area (Å²) in [4.78, 5) is 8.40. The first-order valence-electron chi connectivity index (χ1n) is 6.89. The van der Waals surface area contributed by atoms with Crippen LogP contribution in [0.15, 0.2) is 36.7 Å². The van der Waals surface area contributed by atoms with E-state index in [-0.39, 0.29) is 0 Å². The Kier molecular flexibility index (Phi) is 5.50. The summed E-state index contributed by atoms with van der Waals surface area (Å²) in [5, 5.41) is 3.45. The molecule has 0 spiro atoms. The van der Waals surface area contributed by atoms with Crippen molar-refractivity contribution in [3.8, 4) is 5.88 Å². The number of nitrogens with zero attached hydrogens (tertiary/aromatic N) is 2. The first-order chi connectivity index (χ1) is 9.78. The van der Waals surface area contributed by atoms with Crippen molar-refractivity contribution >= 4 is 0 Å². The van der Waals surface area contributed by atoms with Crippen molar-refractivity contribution in [3.05, 3.63) is 53.5 Å². The average Bonchev–Trinajstić information content (AvgIpc) is 2.47. The molecule has 0 radical (unpaired) electrons. The minimum atomic E-state index is 0.678. The molecule has 4 nitrogen and oxygen atoms in total. The van der Waals surface area contributed by atoms with Gasteiger partial charge in [0, 0.05) is 30.7 Å². The fraction of sp³-hybridized carbons (Fsp3) is 0.375. The third-order valence-electron chi connectivity index (χ3n) is 3.07. The maximum atomic E-state index is 5.18. The maximum Gasteiger partial charge on any atom is 0.213 e. The number of hydrogen-bond donors (Lipinski definition) is 1. The van der Waals surface area contributed by atoms with Crippen LogP contribution in [0.5, 0.6) is 5.88 Å². The minimum Gasteiger partial charge on any atom is -0.481 e. The molecule has 2 heterocycles. The zero-order valence-electron chi connectivity index (χ0n) is 12.1. The predicted molar refractivity (Wildman–Crippen MR) is 79.8 cm³/mol. The number of rotatable bonds is 7. The Morgan fingerprint density at radius 1 is 1.25 bits per heavy atom. The molecule has 2 rings (SSSR count). The molecule has 0 atom stereocenters. The molecular formula is C16H21N3O. The molecule has 106 valence electrons. The van der Waals surface area contributed by atoms with Crippen molar-refractivity contribution in [1.82, 2.24) is 15.3 Å². The van der Waals surface area contributed by atoms with Crippen LogP contribution in [0.3, 0.4) is 0 Å². The van der Waals surface area contributed by atoms with E-state index in [2.05, 4.69) is 27.4 Å². The second kappa shape index (κ2) is 7.60. The molecule has 0 unspecified atom stereocenters. The van der Waals surface area contributed by atoms with Crippen molar-refractivity contribution in [1.29, 1.82) is 0 Å². The van der Waals surface area contributed by atoms with E-state index in [0.717, 1.165) is 31.6 Å². The van der Waals surface area contributed by atoms with Crippen LogP contribution in [-0.4, -0.2) is 23.6 Å². The first kappa shape index (κ1) is 14.5. The van der Waals surface area contributed by atoms with Gasteiger partial charge in [-0.3, -0.25) is 4.98 Å². The Labute approximate surface area is 120 Å². The molecule has 0 bridgehead atoms. The van der Waals surface area contributed by atoms with Gasteiger partial charge in [0.1, 0.15) is 0 Å². The van der Waals surface area contributed by atoms with Crippen LogP contribution in [0.25, 0.3) is 0 Å². The number of pyridine rings is 2. The fourth-order valence-corrected chi connectivity index (χ4v) is 2.11. The van der Waals surface area contributed by atoms with Crippen molar-refractivity contribution < 1.29 is 4.74 Å². The third kappa shape index (κ3) is 4.63. The lowest BCUT2D eigenvalue weighted by atomic mass is 10.1. The second-order valence-electron chi connectivity index (χ2n) is 4.80. The van der Waals surface area contributed by atoms with E-state index >= 15 is 0 Å². The van der Waals surface area contributed by atoms with Gasteiger partial charge in [-0.2, -0.15) is 0 Å². The Bertz CT molecular complexity index is 529. The van der Waals surface area contributed by atoms with E-state index in [1.165, 1.54) is 11.1 Å². The molecule has 0 saturated heterocycles. The smallest absolute Gasteiger partial charge is 0.213 e. The monoisotopic (exact) mass is 271 g/mol. The summed E-state index contributed by atoms with van der Waals surface area (Å²) in [6, 6.07) is 8.15. The highest BCUT2D eigenvalue weighted by Gasteiger charge is 2.00. The second-order valence-corrected chi connectivity index (χ2v) is 4.80. The van der Waals surface area contributed by atoms with E-state index in [0.29, 0.717) is 5.88 Å². The van der Waals surface area contributed by atoms with Crippen LogP contribution in [0.2, 0.25) is 0 Å². The molecule has 2 aromatic heterocycles. The molecule has 0 aliphatic heterocycles. The molecule has 0 saturated carbocycles. The van der Waals surface area contributed by atoms with Crippen LogP contribution < -0.4 is 10.1 Å². The van der Waals surface area contributed by atoms with Crippen molar-refractivity contribution in [2.75, 3.05) is 13.7 Å². The third-order valence-corrected chi connectivity index (χ3v) is 3.07. The Balaban J connectivity index is 1.72. The minimum absolute atomic E-state index is 0.678. The van der Waals surface area contributed by atoms with Gasteiger partial charge in [-0.1, -0.05) is 6.07 Å². The summed E-state index contributed by atoms with van der Waals surface area (Å²) < 4.78 is 5.18. The lowest BCUT2D eigenvalue weighted by Gasteiger charge is -2.07. The number of hydrogen-bond acceptors (Lipinski definition) is 4. The summed E-state index contributed by atoms with van der Waals surface area (Å²) in [6.07, 6.45) is 5.89. The predicted octanol–water partition coefficient (Wildman–Crippen LogP) is 2.52. The van der Waals surface area contributed by atoms with E-state index in [1.807, 2.05) is 25.3 Å². The van der Waals surface area contributed by atoms with E-state index < -0.39 is 0 Å². The van der Waals surface area contributed by atoms with Crippen molar-refractivity contribution in [2.24, 2.45) is 0 Å². The van der Waals surface area contributed by atoms with Gasteiger partial charge in [-0.05, 0) is 49.6 Å². The van der Waals surface area contributed by atoms with Gasteiger partial charge in [0.05, 0.1) is 7.11 Å². The Morgan fingerprint density at radius 3 is 2.90 bits per heavy atom. The number of aromatic nitrogens is 2. The van der Waals surface area contributed by atoms with Gasteiger partial charge in [0.25, 0.3) is 0 Å². The lowest BCUT2D eigenvalue weighted by Crippen LogP contribution is -2.15. The number of aryl methyl sites for hydroxylation is 2. The molecule has 20 heavy (non-hydrogen) atoms. The van der Waals surface area contributed by atoms with E-state index in [4.69, 9.17) is 4.74 Å². The summed E-state index contributed by atoms with van der Waals surface area (Å²) in [5.41, 5.74) is 3.47. The fourth-order valence-electron chi connectivity index (χ4n) is 2.11. The standard InChI is InChI=1S/C16H21N3O/c1-13-9-15(10-16(19-13)20-2)12-18-8-4-6-14-5-3-7-17-11-14/h3,5,7,9-11,18H,4,6,8,12H2,1-2H3. The van der Waals surface area contributed by atoms with Crippen molar-refractivity contribution in [3.63, 3.8) is 0 Å². The highest BCUT2D eigenvalue weighted by Crippen LogP contribution is 2.11. The van der Waals surface area contributed by atoms with Gasteiger partial charge in [-0.25, -0.2) is 4.98 Å². The summed E-state index contributed by atoms with van der Waals surface area (Å²) in [5.74, 6) is 0.678. The van der Waals surface area contributed by atoms with Crippen LogP contribution in [0.4, 0.5) is 0 Å². The zero-order chi connectivity index (χ0) is 14.2. The highest BCUT2D eigenvalue weighted by molar-refractivity contribution is 5.24. The first-order valence-corrected chi connectivity index (χ1v) is 6.89. The van der Waals surface area contributed by atoms with E-state index in [1.54, 1.807) is 13.3 Å². The summed E-state index contributed by atoms with van der Waals surface area (Å²) >= 11 is 0. The normalized spacial score (nSPS) is 10.5. The average molecular weight is 271 g/mol. The van der Waals surface area contributed by atoms with Crippen LogP contribution >= 0.6 is 0 Å². The quantitative estimate of drug-likeness (QED) is 0.786.